The summed E-state index contributed by atoms with van der Waals surface area (Å²) < 4.78 is 0.783. The number of nitrogens with zero attached hydrogens (tertiary/aromatic N) is 1. The molecule has 0 unspecified atom stereocenters. The van der Waals surface area contributed by atoms with Crippen LogP contribution in [0.2, 0.25) is 0 Å². The highest BCUT2D eigenvalue weighted by atomic mass is 79.9. The van der Waals surface area contributed by atoms with E-state index in [-0.39, 0.29) is 18.1 Å². The number of aliphatic carboxylic acids is 1. The molecule has 0 fully saturated rings. The van der Waals surface area contributed by atoms with E-state index in [4.69, 9.17) is 0 Å². The van der Waals surface area contributed by atoms with E-state index in [0.717, 1.165) is 4.47 Å². The number of amides is 1. The third-order valence-electron chi connectivity index (χ3n) is 3.35. The SMILES string of the molecule is CCC(CC)(CNC(=O)c1ccc(Br)cn1)C(=O)O. The van der Waals surface area contributed by atoms with Gasteiger partial charge in [-0.1, -0.05) is 13.8 Å². The van der Waals surface area contributed by atoms with E-state index in [0.29, 0.717) is 12.8 Å². The molecule has 1 heterocycles. The van der Waals surface area contributed by atoms with Gasteiger partial charge in [0.25, 0.3) is 5.91 Å². The van der Waals surface area contributed by atoms with Gasteiger partial charge in [-0.15, -0.1) is 0 Å². The van der Waals surface area contributed by atoms with Gasteiger partial charge in [-0.3, -0.25) is 9.59 Å². The first-order valence-electron chi connectivity index (χ1n) is 6.08. The lowest BCUT2D eigenvalue weighted by atomic mass is 9.82. The molecule has 1 aromatic rings. The fourth-order valence-corrected chi connectivity index (χ4v) is 1.96. The molecule has 2 N–H and O–H groups in total. The maximum absolute atomic E-state index is 11.9. The van der Waals surface area contributed by atoms with Crippen LogP contribution >= 0.6 is 15.9 Å². The quantitative estimate of drug-likeness (QED) is 0.840. The maximum Gasteiger partial charge on any atom is 0.311 e. The van der Waals surface area contributed by atoms with E-state index in [2.05, 4.69) is 26.2 Å². The van der Waals surface area contributed by atoms with Crippen molar-refractivity contribution in [2.24, 2.45) is 5.41 Å². The van der Waals surface area contributed by atoms with Crippen LogP contribution in [0.1, 0.15) is 37.2 Å². The summed E-state index contributed by atoms with van der Waals surface area (Å²) in [6, 6.07) is 3.30. The topological polar surface area (TPSA) is 79.3 Å². The summed E-state index contributed by atoms with van der Waals surface area (Å²) >= 11 is 3.23. The van der Waals surface area contributed by atoms with Crippen molar-refractivity contribution in [3.63, 3.8) is 0 Å². The molecule has 0 spiro atoms. The van der Waals surface area contributed by atoms with Crippen LogP contribution < -0.4 is 5.32 Å². The van der Waals surface area contributed by atoms with Crippen LogP contribution in [0.3, 0.4) is 0 Å². The Morgan fingerprint density at radius 1 is 1.37 bits per heavy atom. The Balaban J connectivity index is 2.72. The molecule has 0 saturated heterocycles. The third kappa shape index (κ3) is 3.76. The van der Waals surface area contributed by atoms with Crippen LogP contribution in [0.25, 0.3) is 0 Å². The number of hydrogen-bond donors (Lipinski definition) is 2. The van der Waals surface area contributed by atoms with Crippen molar-refractivity contribution in [3.8, 4) is 0 Å². The van der Waals surface area contributed by atoms with E-state index in [1.165, 1.54) is 6.20 Å². The second-order valence-corrected chi connectivity index (χ2v) is 5.25. The average molecular weight is 329 g/mol. The lowest BCUT2D eigenvalue weighted by Gasteiger charge is -2.26. The van der Waals surface area contributed by atoms with Crippen molar-refractivity contribution < 1.29 is 14.7 Å². The molecule has 19 heavy (non-hydrogen) atoms. The highest BCUT2D eigenvalue weighted by molar-refractivity contribution is 9.10. The minimum Gasteiger partial charge on any atom is -0.481 e. The van der Waals surface area contributed by atoms with Crippen LogP contribution in [0.5, 0.6) is 0 Å². The van der Waals surface area contributed by atoms with Crippen LogP contribution in [0.4, 0.5) is 0 Å². The Morgan fingerprint density at radius 3 is 2.42 bits per heavy atom. The molecule has 0 saturated carbocycles. The lowest BCUT2D eigenvalue weighted by Crippen LogP contribution is -2.42. The van der Waals surface area contributed by atoms with Crippen molar-refractivity contribution >= 4 is 27.8 Å². The van der Waals surface area contributed by atoms with Crippen LogP contribution in [-0.4, -0.2) is 28.5 Å². The number of pyridine rings is 1. The lowest BCUT2D eigenvalue weighted by molar-refractivity contribution is -0.149. The van der Waals surface area contributed by atoms with E-state index in [1.54, 1.807) is 12.1 Å². The van der Waals surface area contributed by atoms with Crippen molar-refractivity contribution in [3.05, 3.63) is 28.5 Å². The molecule has 0 aliphatic heterocycles. The molecule has 0 aliphatic carbocycles. The number of hydrogen-bond acceptors (Lipinski definition) is 3. The molecule has 0 aromatic carbocycles. The van der Waals surface area contributed by atoms with E-state index in [1.807, 2.05) is 13.8 Å². The first-order chi connectivity index (χ1) is 8.95. The number of halogens is 1. The molecular formula is C13H17BrN2O3. The zero-order valence-corrected chi connectivity index (χ0v) is 12.5. The summed E-state index contributed by atoms with van der Waals surface area (Å²) in [7, 11) is 0. The molecule has 104 valence electrons. The molecule has 0 aliphatic rings. The highest BCUT2D eigenvalue weighted by Crippen LogP contribution is 2.25. The van der Waals surface area contributed by atoms with Crippen LogP contribution in [0, 0.1) is 5.41 Å². The summed E-state index contributed by atoms with van der Waals surface area (Å²) in [5.74, 6) is -1.25. The first kappa shape index (κ1) is 15.6. The van der Waals surface area contributed by atoms with Crippen molar-refractivity contribution in [1.29, 1.82) is 0 Å². The molecule has 5 nitrogen and oxygen atoms in total. The van der Waals surface area contributed by atoms with Gasteiger partial charge >= 0.3 is 5.97 Å². The van der Waals surface area contributed by atoms with Gasteiger partial charge in [-0.25, -0.2) is 4.98 Å². The minimum absolute atomic E-state index is 0.103. The number of carboxylic acid groups (broad SMARTS) is 1. The minimum atomic E-state index is -0.912. The van der Waals surface area contributed by atoms with Gasteiger partial charge in [0, 0.05) is 17.2 Å². The zero-order chi connectivity index (χ0) is 14.5. The summed E-state index contributed by atoms with van der Waals surface area (Å²) in [5, 5.41) is 11.9. The fraction of sp³-hybridized carbons (Fsp3) is 0.462. The van der Waals surface area contributed by atoms with Gasteiger partial charge in [0.05, 0.1) is 5.41 Å². The Bertz CT molecular complexity index is 455. The Labute approximate surface area is 120 Å². The maximum atomic E-state index is 11.9. The first-order valence-corrected chi connectivity index (χ1v) is 6.87. The molecule has 1 amide bonds. The largest absolute Gasteiger partial charge is 0.481 e. The number of aromatic nitrogens is 1. The third-order valence-corrected chi connectivity index (χ3v) is 3.82. The Morgan fingerprint density at radius 2 is 2.00 bits per heavy atom. The molecule has 1 aromatic heterocycles. The number of carbonyl (C=O) groups is 2. The van der Waals surface area contributed by atoms with Crippen molar-refractivity contribution in [2.75, 3.05) is 6.54 Å². The zero-order valence-electron chi connectivity index (χ0n) is 10.9. The van der Waals surface area contributed by atoms with E-state index >= 15 is 0 Å². The standard InChI is InChI=1S/C13H17BrN2O3/c1-3-13(4-2,12(18)19)8-16-11(17)10-6-5-9(14)7-15-10/h5-7H,3-4,8H2,1-2H3,(H,16,17)(H,18,19). The van der Waals surface area contributed by atoms with Gasteiger partial charge in [0.1, 0.15) is 5.69 Å². The fourth-order valence-electron chi connectivity index (χ4n) is 1.73. The van der Waals surface area contributed by atoms with Crippen molar-refractivity contribution in [2.45, 2.75) is 26.7 Å². The predicted molar refractivity (Wildman–Crippen MR) is 74.9 cm³/mol. The molecule has 0 radical (unpaired) electrons. The van der Waals surface area contributed by atoms with Gasteiger partial charge in [-0.05, 0) is 40.9 Å². The number of rotatable bonds is 6. The monoisotopic (exact) mass is 328 g/mol. The van der Waals surface area contributed by atoms with E-state index in [9.17, 15) is 14.7 Å². The van der Waals surface area contributed by atoms with Crippen LogP contribution in [0.15, 0.2) is 22.8 Å². The van der Waals surface area contributed by atoms with Crippen LogP contribution in [-0.2, 0) is 4.79 Å². The van der Waals surface area contributed by atoms with Gasteiger partial charge < -0.3 is 10.4 Å². The molecule has 0 bridgehead atoms. The molecule has 6 heteroatoms. The number of carboxylic acids is 1. The Hall–Kier alpha value is -1.43. The summed E-state index contributed by atoms with van der Waals surface area (Å²) in [6.07, 6.45) is 2.46. The summed E-state index contributed by atoms with van der Waals surface area (Å²) in [6.45, 7) is 3.72. The summed E-state index contributed by atoms with van der Waals surface area (Å²) in [5.41, 5.74) is -0.639. The van der Waals surface area contributed by atoms with Crippen molar-refractivity contribution in [1.82, 2.24) is 10.3 Å². The molecule has 1 rings (SSSR count). The smallest absolute Gasteiger partial charge is 0.311 e. The van der Waals surface area contributed by atoms with E-state index < -0.39 is 11.4 Å². The Kier molecular flexibility index (Phi) is 5.47. The number of nitrogens with one attached hydrogen (secondary N) is 1. The normalized spacial score (nSPS) is 11.1. The second-order valence-electron chi connectivity index (χ2n) is 4.34. The highest BCUT2D eigenvalue weighted by Gasteiger charge is 2.35. The summed E-state index contributed by atoms with van der Waals surface area (Å²) in [4.78, 5) is 27.1. The average Bonchev–Trinajstić information content (AvgIpc) is 2.40. The number of carbonyl (C=O) groups excluding carboxylic acids is 1. The second kappa shape index (κ2) is 6.65. The molecular weight excluding hydrogens is 312 g/mol. The predicted octanol–water partition coefficient (Wildman–Crippen LogP) is 2.46. The molecule has 0 atom stereocenters. The van der Waals surface area contributed by atoms with Gasteiger partial charge in [-0.2, -0.15) is 0 Å². The van der Waals surface area contributed by atoms with Gasteiger partial charge in [0.15, 0.2) is 0 Å². The van der Waals surface area contributed by atoms with Gasteiger partial charge in [0.2, 0.25) is 0 Å².